The molecule has 4 aromatic rings. The van der Waals surface area contributed by atoms with E-state index in [4.69, 9.17) is 4.74 Å². The summed E-state index contributed by atoms with van der Waals surface area (Å²) in [6, 6.07) is 38.7. The fourth-order valence-corrected chi connectivity index (χ4v) is 4.69. The van der Waals surface area contributed by atoms with Crippen molar-refractivity contribution < 1.29 is 4.74 Å². The van der Waals surface area contributed by atoms with Crippen molar-refractivity contribution in [3.8, 4) is 0 Å². The van der Waals surface area contributed by atoms with E-state index < -0.39 is 0 Å². The van der Waals surface area contributed by atoms with Crippen LogP contribution in [0, 0.1) is 0 Å². The Hall–Kier alpha value is -2.20. The first-order chi connectivity index (χ1) is 16.2. The lowest BCUT2D eigenvalue weighted by atomic mass is 9.91. The van der Waals surface area contributed by atoms with Gasteiger partial charge in [-0.2, -0.15) is 0 Å². The molecule has 3 heteroatoms. The van der Waals surface area contributed by atoms with Gasteiger partial charge in [-0.15, -0.1) is 0 Å². The van der Waals surface area contributed by atoms with Gasteiger partial charge in [0.25, 0.3) is 0 Å². The molecule has 33 heavy (non-hydrogen) atoms. The molecule has 0 heterocycles. The molecule has 0 saturated carbocycles. The number of hydrogen-bond acceptors (Lipinski definition) is 1. The van der Waals surface area contributed by atoms with Gasteiger partial charge in [-0.25, -0.2) is 0 Å². The maximum Gasteiger partial charge on any atom is 0.0538 e. The summed E-state index contributed by atoms with van der Waals surface area (Å²) < 4.78 is 8.65. The molecule has 0 saturated heterocycles. The van der Waals surface area contributed by atoms with Gasteiger partial charge in [0.15, 0.2) is 0 Å². The number of rotatable bonds is 10. The minimum absolute atomic E-state index is 0.308. The highest BCUT2D eigenvalue weighted by Crippen LogP contribution is 2.27. The Balaban J connectivity index is 1.48. The normalized spacial score (nSPS) is 12.9. The zero-order valence-electron chi connectivity index (χ0n) is 18.5. The average Bonchev–Trinajstić information content (AvgIpc) is 2.85. The molecule has 2 unspecified atom stereocenters. The van der Waals surface area contributed by atoms with Gasteiger partial charge in [0.1, 0.15) is 0 Å². The van der Waals surface area contributed by atoms with Crippen LogP contribution < -0.4 is 0 Å². The van der Waals surface area contributed by atoms with Crippen molar-refractivity contribution in [1.82, 2.24) is 0 Å². The van der Waals surface area contributed by atoms with Crippen LogP contribution in [0.15, 0.2) is 118 Å². The van der Waals surface area contributed by atoms with Gasteiger partial charge in [0.05, 0.1) is 13.2 Å². The van der Waals surface area contributed by atoms with Crippen LogP contribution in [0.5, 0.6) is 0 Å². The minimum atomic E-state index is 0.308. The van der Waals surface area contributed by atoms with Gasteiger partial charge in [-0.3, -0.25) is 0 Å². The third-order valence-electron chi connectivity index (χ3n) is 5.97. The second-order valence-electron chi connectivity index (χ2n) is 8.41. The first kappa shape index (κ1) is 23.9. The molecule has 0 aliphatic carbocycles. The Kier molecular flexibility index (Phi) is 8.93. The molecule has 0 fully saturated rings. The van der Waals surface area contributed by atoms with Crippen LogP contribution in [-0.2, 0) is 17.6 Å². The first-order valence-electron chi connectivity index (χ1n) is 11.3. The molecule has 0 N–H and O–H groups in total. The Morgan fingerprint density at radius 2 is 0.848 bits per heavy atom. The summed E-state index contributed by atoms with van der Waals surface area (Å²) in [5, 5.41) is 0. The second-order valence-corrected chi connectivity index (χ2v) is 10.2. The van der Waals surface area contributed by atoms with Crippen LogP contribution in [0.1, 0.15) is 34.1 Å². The number of ether oxygens (including phenoxy) is 1. The molecule has 0 aliphatic rings. The molecule has 0 spiro atoms. The van der Waals surface area contributed by atoms with E-state index in [1.54, 1.807) is 0 Å². The standard InChI is InChI=1S/C30H28Br2O/c31-29-15-11-25(12-16-29)27(19-23-7-3-1-4-8-23)21-33-22-28(20-24-9-5-2-6-10-24)26-13-17-30(32)18-14-26/h1-18,27-28H,19-22H2. The van der Waals surface area contributed by atoms with Crippen molar-refractivity contribution in [3.05, 3.63) is 140 Å². The summed E-state index contributed by atoms with van der Waals surface area (Å²) in [6.45, 7) is 1.39. The lowest BCUT2D eigenvalue weighted by Crippen LogP contribution is -2.16. The van der Waals surface area contributed by atoms with E-state index in [2.05, 4.69) is 141 Å². The predicted octanol–water partition coefficient (Wildman–Crippen LogP) is 8.58. The summed E-state index contributed by atoms with van der Waals surface area (Å²) in [6.07, 6.45) is 1.92. The SMILES string of the molecule is Brc1ccc(C(COCC(Cc2ccccc2)c2ccc(Br)cc2)Cc2ccccc2)cc1. The summed E-state index contributed by atoms with van der Waals surface area (Å²) in [5.41, 5.74) is 5.29. The lowest BCUT2D eigenvalue weighted by molar-refractivity contribution is 0.106. The van der Waals surface area contributed by atoms with E-state index in [-0.39, 0.29) is 0 Å². The van der Waals surface area contributed by atoms with Gasteiger partial charge in [-0.1, -0.05) is 117 Å². The van der Waals surface area contributed by atoms with Gasteiger partial charge in [-0.05, 0) is 59.4 Å². The summed E-state index contributed by atoms with van der Waals surface area (Å²) in [5.74, 6) is 0.616. The molecule has 0 aliphatic heterocycles. The molecule has 0 bridgehead atoms. The highest BCUT2D eigenvalue weighted by atomic mass is 79.9. The molecule has 168 valence electrons. The van der Waals surface area contributed by atoms with Crippen LogP contribution in [0.4, 0.5) is 0 Å². The van der Waals surface area contributed by atoms with Gasteiger partial charge in [0, 0.05) is 20.8 Å². The third-order valence-corrected chi connectivity index (χ3v) is 7.03. The Morgan fingerprint density at radius 3 is 1.21 bits per heavy atom. The summed E-state index contributed by atoms with van der Waals surface area (Å²) in [7, 11) is 0. The van der Waals surface area contributed by atoms with E-state index in [1.807, 2.05) is 0 Å². The van der Waals surface area contributed by atoms with Crippen LogP contribution >= 0.6 is 31.9 Å². The Bertz CT molecular complexity index is 1000. The Labute approximate surface area is 214 Å². The molecular formula is C30H28Br2O. The number of benzene rings is 4. The number of halogens is 2. The quantitative estimate of drug-likeness (QED) is 0.188. The van der Waals surface area contributed by atoms with E-state index in [1.165, 1.54) is 22.3 Å². The molecule has 4 rings (SSSR count). The molecular weight excluding hydrogens is 536 g/mol. The molecule has 0 radical (unpaired) electrons. The Morgan fingerprint density at radius 1 is 0.485 bits per heavy atom. The maximum absolute atomic E-state index is 6.45. The largest absolute Gasteiger partial charge is 0.380 e. The van der Waals surface area contributed by atoms with Gasteiger partial charge in [0.2, 0.25) is 0 Å². The smallest absolute Gasteiger partial charge is 0.0538 e. The number of hydrogen-bond donors (Lipinski definition) is 0. The van der Waals surface area contributed by atoms with Gasteiger partial charge >= 0.3 is 0 Å². The van der Waals surface area contributed by atoms with Crippen LogP contribution in [-0.4, -0.2) is 13.2 Å². The molecule has 0 amide bonds. The van der Waals surface area contributed by atoms with Crippen molar-refractivity contribution in [1.29, 1.82) is 0 Å². The zero-order chi connectivity index (χ0) is 22.9. The summed E-state index contributed by atoms with van der Waals surface area (Å²) >= 11 is 7.12. The highest BCUT2D eigenvalue weighted by Gasteiger charge is 2.17. The van der Waals surface area contributed by atoms with Crippen LogP contribution in [0.3, 0.4) is 0 Å². The van der Waals surface area contributed by atoms with Crippen molar-refractivity contribution >= 4 is 31.9 Å². The monoisotopic (exact) mass is 562 g/mol. The third kappa shape index (κ3) is 7.40. The highest BCUT2D eigenvalue weighted by molar-refractivity contribution is 9.10. The molecule has 2 atom stereocenters. The molecule has 1 nitrogen and oxygen atoms in total. The van der Waals surface area contributed by atoms with Crippen molar-refractivity contribution in [2.24, 2.45) is 0 Å². The van der Waals surface area contributed by atoms with Crippen molar-refractivity contribution in [3.63, 3.8) is 0 Å². The molecule has 0 aromatic heterocycles. The van der Waals surface area contributed by atoms with E-state index in [0.29, 0.717) is 25.0 Å². The topological polar surface area (TPSA) is 9.23 Å². The first-order valence-corrected chi connectivity index (χ1v) is 12.9. The van der Waals surface area contributed by atoms with E-state index >= 15 is 0 Å². The fraction of sp³-hybridized carbons (Fsp3) is 0.200. The van der Waals surface area contributed by atoms with E-state index in [9.17, 15) is 0 Å². The minimum Gasteiger partial charge on any atom is -0.380 e. The van der Waals surface area contributed by atoms with Crippen molar-refractivity contribution in [2.45, 2.75) is 24.7 Å². The summed E-state index contributed by atoms with van der Waals surface area (Å²) in [4.78, 5) is 0. The van der Waals surface area contributed by atoms with Crippen molar-refractivity contribution in [2.75, 3.05) is 13.2 Å². The lowest BCUT2D eigenvalue weighted by Gasteiger charge is -2.22. The van der Waals surface area contributed by atoms with Crippen LogP contribution in [0.2, 0.25) is 0 Å². The van der Waals surface area contributed by atoms with E-state index in [0.717, 1.165) is 21.8 Å². The fourth-order valence-electron chi connectivity index (χ4n) is 4.17. The van der Waals surface area contributed by atoms with Gasteiger partial charge < -0.3 is 4.74 Å². The second kappa shape index (κ2) is 12.3. The predicted molar refractivity (Wildman–Crippen MR) is 145 cm³/mol. The average molecular weight is 564 g/mol. The van der Waals surface area contributed by atoms with Crippen LogP contribution in [0.25, 0.3) is 0 Å². The maximum atomic E-state index is 6.45. The zero-order valence-corrected chi connectivity index (χ0v) is 21.7. The molecule has 4 aromatic carbocycles.